The van der Waals surface area contributed by atoms with E-state index in [1.165, 1.54) is 10.4 Å². The van der Waals surface area contributed by atoms with Crippen molar-refractivity contribution in [2.45, 2.75) is 32.6 Å². The molecule has 5 nitrogen and oxygen atoms in total. The largest absolute Gasteiger partial charge is 0.338 e. The number of carbonyl (C=O) groups excluding carboxylic acids is 1. The Kier molecular flexibility index (Phi) is 4.59. The van der Waals surface area contributed by atoms with Crippen LogP contribution in [0, 0.1) is 13.8 Å². The van der Waals surface area contributed by atoms with Crippen LogP contribution in [0.5, 0.6) is 0 Å². The maximum atomic E-state index is 12.9. The lowest BCUT2D eigenvalue weighted by molar-refractivity contribution is 0.0716. The number of rotatable bonds is 3. The Balaban J connectivity index is 1.46. The summed E-state index contributed by atoms with van der Waals surface area (Å²) in [6, 6.07) is 12.3. The smallest absolute Gasteiger partial charge is 0.263 e. The van der Waals surface area contributed by atoms with E-state index in [0.29, 0.717) is 5.92 Å². The number of benzene rings is 1. The second-order valence-corrected chi connectivity index (χ2v) is 7.89. The molecule has 0 radical (unpaired) electrons. The van der Waals surface area contributed by atoms with Gasteiger partial charge in [-0.05, 0) is 43.9 Å². The molecule has 1 aliphatic heterocycles. The van der Waals surface area contributed by atoms with Crippen LogP contribution in [-0.4, -0.2) is 39.1 Å². The minimum Gasteiger partial charge on any atom is -0.338 e. The summed E-state index contributed by atoms with van der Waals surface area (Å²) in [5.74, 6) is 2.22. The molecule has 0 spiro atoms. The number of hydrogen-bond acceptors (Lipinski definition) is 4. The Morgan fingerprint density at radius 2 is 1.92 bits per heavy atom. The number of nitrogens with zero attached hydrogens (tertiary/aromatic N) is 3. The van der Waals surface area contributed by atoms with E-state index in [-0.39, 0.29) is 5.91 Å². The van der Waals surface area contributed by atoms with Crippen LogP contribution in [0.2, 0.25) is 0 Å². The fourth-order valence-electron chi connectivity index (χ4n) is 3.50. The van der Waals surface area contributed by atoms with Crippen molar-refractivity contribution >= 4 is 17.2 Å². The standard InChI is InChI=1S/C20H22N4OS/c1-13-12-17(26-18(13)15-6-4-3-5-7-15)20(25)24-10-8-16(9-11-24)19-21-14(2)22-23-19/h3-7,12,16H,8-11H2,1-2H3,(H,21,22,23). The lowest BCUT2D eigenvalue weighted by atomic mass is 9.96. The molecule has 1 N–H and O–H groups in total. The first-order valence-corrected chi connectivity index (χ1v) is 9.77. The highest BCUT2D eigenvalue weighted by Gasteiger charge is 2.27. The predicted octanol–water partition coefficient (Wildman–Crippen LogP) is 4.17. The van der Waals surface area contributed by atoms with Gasteiger partial charge >= 0.3 is 0 Å². The number of thiophene rings is 1. The van der Waals surface area contributed by atoms with E-state index in [0.717, 1.165) is 48.0 Å². The van der Waals surface area contributed by atoms with E-state index < -0.39 is 0 Å². The van der Waals surface area contributed by atoms with Crippen molar-refractivity contribution in [3.63, 3.8) is 0 Å². The van der Waals surface area contributed by atoms with Gasteiger partial charge in [0.15, 0.2) is 5.82 Å². The van der Waals surface area contributed by atoms with Crippen LogP contribution in [-0.2, 0) is 0 Å². The lowest BCUT2D eigenvalue weighted by Gasteiger charge is -2.30. The molecule has 134 valence electrons. The van der Waals surface area contributed by atoms with E-state index in [9.17, 15) is 4.79 Å². The average molecular weight is 366 g/mol. The molecule has 26 heavy (non-hydrogen) atoms. The van der Waals surface area contributed by atoms with Gasteiger partial charge in [0.05, 0.1) is 4.88 Å². The second-order valence-electron chi connectivity index (χ2n) is 6.83. The van der Waals surface area contributed by atoms with Crippen molar-refractivity contribution in [2.75, 3.05) is 13.1 Å². The topological polar surface area (TPSA) is 61.9 Å². The van der Waals surface area contributed by atoms with Crippen LogP contribution in [0.1, 0.15) is 45.6 Å². The average Bonchev–Trinajstić information content (AvgIpc) is 3.28. The number of aromatic nitrogens is 3. The SMILES string of the molecule is Cc1nc(C2CCN(C(=O)c3cc(C)c(-c4ccccc4)s3)CC2)n[nH]1. The van der Waals surface area contributed by atoms with Gasteiger partial charge in [0.2, 0.25) is 0 Å². The molecule has 1 amide bonds. The zero-order valence-corrected chi connectivity index (χ0v) is 15.8. The molecule has 4 rings (SSSR count). The first-order chi connectivity index (χ1) is 12.6. The minimum atomic E-state index is 0.143. The quantitative estimate of drug-likeness (QED) is 0.757. The molecule has 0 unspecified atom stereocenters. The number of hydrogen-bond donors (Lipinski definition) is 1. The van der Waals surface area contributed by atoms with Crippen molar-refractivity contribution in [3.05, 3.63) is 58.5 Å². The first kappa shape index (κ1) is 17.0. The molecule has 0 saturated carbocycles. The number of aryl methyl sites for hydroxylation is 2. The Bertz CT molecular complexity index is 907. The van der Waals surface area contributed by atoms with E-state index in [1.807, 2.05) is 36.1 Å². The highest BCUT2D eigenvalue weighted by atomic mass is 32.1. The summed E-state index contributed by atoms with van der Waals surface area (Å²) >= 11 is 1.59. The van der Waals surface area contributed by atoms with Crippen LogP contribution < -0.4 is 0 Å². The van der Waals surface area contributed by atoms with Gasteiger partial charge in [-0.15, -0.1) is 11.3 Å². The predicted molar refractivity (Wildman–Crippen MR) is 103 cm³/mol. The molecular formula is C20H22N4OS. The molecule has 3 aromatic rings. The Hall–Kier alpha value is -2.47. The fourth-order valence-corrected chi connectivity index (χ4v) is 4.65. The van der Waals surface area contributed by atoms with Crippen LogP contribution >= 0.6 is 11.3 Å². The molecule has 6 heteroatoms. The van der Waals surface area contributed by atoms with Crippen LogP contribution in [0.4, 0.5) is 0 Å². The lowest BCUT2D eigenvalue weighted by Crippen LogP contribution is -2.37. The minimum absolute atomic E-state index is 0.143. The van der Waals surface area contributed by atoms with Gasteiger partial charge in [-0.25, -0.2) is 4.98 Å². The van der Waals surface area contributed by atoms with Crippen molar-refractivity contribution in [3.8, 4) is 10.4 Å². The number of carbonyl (C=O) groups is 1. The maximum absolute atomic E-state index is 12.9. The molecule has 0 aliphatic carbocycles. The van der Waals surface area contributed by atoms with Crippen LogP contribution in [0.25, 0.3) is 10.4 Å². The summed E-state index contributed by atoms with van der Waals surface area (Å²) in [5.41, 5.74) is 2.34. The Morgan fingerprint density at radius 3 is 2.58 bits per heavy atom. The van der Waals surface area contributed by atoms with Crippen molar-refractivity contribution in [1.29, 1.82) is 0 Å². The third-order valence-corrected chi connectivity index (χ3v) is 6.20. The maximum Gasteiger partial charge on any atom is 0.263 e. The van der Waals surface area contributed by atoms with Gasteiger partial charge < -0.3 is 4.90 Å². The number of aromatic amines is 1. The van der Waals surface area contributed by atoms with Gasteiger partial charge in [-0.1, -0.05) is 30.3 Å². The van der Waals surface area contributed by atoms with Crippen molar-refractivity contribution < 1.29 is 4.79 Å². The highest BCUT2D eigenvalue weighted by Crippen LogP contribution is 2.34. The summed E-state index contributed by atoms with van der Waals surface area (Å²) in [7, 11) is 0. The van der Waals surface area contributed by atoms with E-state index >= 15 is 0 Å². The number of piperidine rings is 1. The summed E-state index contributed by atoms with van der Waals surface area (Å²) in [4.78, 5) is 21.4. The van der Waals surface area contributed by atoms with E-state index in [1.54, 1.807) is 11.3 Å². The molecule has 1 saturated heterocycles. The third-order valence-electron chi connectivity index (χ3n) is 4.93. The van der Waals surface area contributed by atoms with Crippen molar-refractivity contribution in [2.24, 2.45) is 0 Å². The molecular weight excluding hydrogens is 344 g/mol. The molecule has 0 atom stereocenters. The van der Waals surface area contributed by atoms with E-state index in [4.69, 9.17) is 0 Å². The highest BCUT2D eigenvalue weighted by molar-refractivity contribution is 7.17. The summed E-state index contributed by atoms with van der Waals surface area (Å²) < 4.78 is 0. The van der Waals surface area contributed by atoms with Crippen LogP contribution in [0.3, 0.4) is 0 Å². The normalized spacial score (nSPS) is 15.4. The summed E-state index contributed by atoms with van der Waals surface area (Å²) in [5, 5.41) is 7.19. The van der Waals surface area contributed by atoms with Gasteiger partial charge in [0, 0.05) is 23.9 Å². The van der Waals surface area contributed by atoms with Gasteiger partial charge in [-0.2, -0.15) is 5.10 Å². The molecule has 1 aromatic carbocycles. The fraction of sp³-hybridized carbons (Fsp3) is 0.350. The monoisotopic (exact) mass is 366 g/mol. The van der Waals surface area contributed by atoms with Gasteiger partial charge in [0.25, 0.3) is 5.91 Å². The van der Waals surface area contributed by atoms with Crippen molar-refractivity contribution in [1.82, 2.24) is 20.1 Å². The molecule has 1 fully saturated rings. The Morgan fingerprint density at radius 1 is 1.19 bits per heavy atom. The molecule has 2 aromatic heterocycles. The Labute approximate surface area is 157 Å². The number of amides is 1. The molecule has 0 bridgehead atoms. The summed E-state index contributed by atoms with van der Waals surface area (Å²) in [6.45, 7) is 5.51. The van der Waals surface area contributed by atoms with Gasteiger partial charge in [0.1, 0.15) is 5.82 Å². The number of nitrogens with one attached hydrogen (secondary N) is 1. The zero-order valence-electron chi connectivity index (χ0n) is 15.0. The van der Waals surface area contributed by atoms with E-state index in [2.05, 4.69) is 34.2 Å². The van der Waals surface area contributed by atoms with Gasteiger partial charge in [-0.3, -0.25) is 9.89 Å². The number of H-pyrrole nitrogens is 1. The molecule has 3 heterocycles. The molecule has 1 aliphatic rings. The summed E-state index contributed by atoms with van der Waals surface area (Å²) in [6.07, 6.45) is 1.83. The first-order valence-electron chi connectivity index (χ1n) is 8.96. The second kappa shape index (κ2) is 7.03. The third kappa shape index (κ3) is 3.29. The zero-order chi connectivity index (χ0) is 18.1. The number of likely N-dealkylation sites (tertiary alicyclic amines) is 1. The van der Waals surface area contributed by atoms with Crippen LogP contribution in [0.15, 0.2) is 36.4 Å².